The first kappa shape index (κ1) is 19.0. The number of esters is 1. The van der Waals surface area contributed by atoms with Gasteiger partial charge in [-0.1, -0.05) is 30.8 Å². The summed E-state index contributed by atoms with van der Waals surface area (Å²) >= 11 is 0. The zero-order valence-electron chi connectivity index (χ0n) is 15.2. The van der Waals surface area contributed by atoms with Gasteiger partial charge in [0.25, 0.3) is 0 Å². The summed E-state index contributed by atoms with van der Waals surface area (Å²) in [5.41, 5.74) is 7.15. The first-order chi connectivity index (χ1) is 13.3. The molecule has 0 aromatic heterocycles. The van der Waals surface area contributed by atoms with E-state index in [1.54, 1.807) is 24.3 Å². The molecule has 3 rings (SSSR count). The highest BCUT2D eigenvalue weighted by Gasteiger charge is 2.30. The minimum atomic E-state index is -0.777. The first-order valence-electron chi connectivity index (χ1n) is 8.53. The van der Waals surface area contributed by atoms with Crippen LogP contribution in [0, 0.1) is 0 Å². The molecule has 2 aromatic rings. The molecule has 0 aliphatic heterocycles. The van der Waals surface area contributed by atoms with Gasteiger partial charge >= 0.3 is 12.0 Å². The largest absolute Gasteiger partial charge is 0.460 e. The Morgan fingerprint density at radius 2 is 1.57 bits per heavy atom. The fourth-order valence-electron chi connectivity index (χ4n) is 2.97. The number of anilines is 1. The van der Waals surface area contributed by atoms with E-state index >= 15 is 0 Å². The van der Waals surface area contributed by atoms with Gasteiger partial charge in [0.1, 0.15) is 6.61 Å². The number of rotatable bonds is 5. The monoisotopic (exact) mass is 378 g/mol. The van der Waals surface area contributed by atoms with E-state index in [0.717, 1.165) is 0 Å². The van der Waals surface area contributed by atoms with Crippen LogP contribution in [-0.2, 0) is 9.53 Å². The third-order valence-electron chi connectivity index (χ3n) is 4.38. The predicted molar refractivity (Wildman–Crippen MR) is 102 cm³/mol. The van der Waals surface area contributed by atoms with E-state index in [9.17, 15) is 19.2 Å². The molecule has 0 unspecified atom stereocenters. The summed E-state index contributed by atoms with van der Waals surface area (Å²) in [6, 6.07) is 10.3. The van der Waals surface area contributed by atoms with Crippen LogP contribution in [-0.4, -0.2) is 36.7 Å². The predicted octanol–water partition coefficient (Wildman–Crippen LogP) is 2.47. The molecule has 0 atom stereocenters. The number of ketones is 2. The molecule has 2 amide bonds. The Kier molecular flexibility index (Phi) is 5.08. The van der Waals surface area contributed by atoms with Crippen molar-refractivity contribution in [3.05, 3.63) is 76.9 Å². The minimum Gasteiger partial charge on any atom is -0.460 e. The molecule has 7 nitrogen and oxygen atoms in total. The lowest BCUT2D eigenvalue weighted by atomic mass is 9.84. The van der Waals surface area contributed by atoms with Crippen LogP contribution in [0.3, 0.4) is 0 Å². The maximum atomic E-state index is 12.8. The number of ether oxygens (including phenoxy) is 1. The van der Waals surface area contributed by atoms with Crippen molar-refractivity contribution in [2.45, 2.75) is 6.92 Å². The van der Waals surface area contributed by atoms with E-state index in [2.05, 4.69) is 6.58 Å². The quantitative estimate of drug-likeness (QED) is 0.542. The van der Waals surface area contributed by atoms with Gasteiger partial charge in [-0.2, -0.15) is 0 Å². The van der Waals surface area contributed by atoms with E-state index in [1.165, 1.54) is 30.0 Å². The van der Waals surface area contributed by atoms with Gasteiger partial charge in [0.15, 0.2) is 11.6 Å². The van der Waals surface area contributed by atoms with Gasteiger partial charge in [0.2, 0.25) is 0 Å². The number of amides is 2. The Balaban J connectivity index is 1.90. The molecule has 7 heteroatoms. The van der Waals surface area contributed by atoms with Crippen molar-refractivity contribution >= 4 is 29.3 Å². The lowest BCUT2D eigenvalue weighted by Gasteiger charge is -2.23. The third kappa shape index (κ3) is 3.42. The zero-order valence-corrected chi connectivity index (χ0v) is 15.2. The maximum absolute atomic E-state index is 12.8. The number of carbonyl (C=O) groups excluding carboxylic acids is 4. The van der Waals surface area contributed by atoms with E-state index in [-0.39, 0.29) is 41.4 Å². The van der Waals surface area contributed by atoms with Crippen molar-refractivity contribution in [2.75, 3.05) is 18.1 Å². The molecule has 0 bridgehead atoms. The highest BCUT2D eigenvalue weighted by Crippen LogP contribution is 2.30. The van der Waals surface area contributed by atoms with Crippen molar-refractivity contribution in [3.8, 4) is 0 Å². The Bertz CT molecular complexity index is 1030. The first-order valence-corrected chi connectivity index (χ1v) is 8.53. The number of carbonyl (C=O) groups is 4. The number of nitrogens with two attached hydrogens (primary N) is 1. The number of fused-ring (bicyclic) bond motifs is 2. The molecule has 2 aromatic carbocycles. The molecule has 142 valence electrons. The third-order valence-corrected chi connectivity index (χ3v) is 4.38. The molecule has 1 aliphatic carbocycles. The summed E-state index contributed by atoms with van der Waals surface area (Å²) in [6.45, 7) is 4.89. The van der Waals surface area contributed by atoms with Crippen LogP contribution >= 0.6 is 0 Å². The average molecular weight is 378 g/mol. The van der Waals surface area contributed by atoms with Crippen molar-refractivity contribution in [1.29, 1.82) is 0 Å². The normalized spacial score (nSPS) is 12.0. The van der Waals surface area contributed by atoms with Gasteiger partial charge in [-0.25, -0.2) is 9.59 Å². The molecular formula is C21H18N2O5. The molecule has 0 saturated carbocycles. The molecule has 0 radical (unpaired) electrons. The van der Waals surface area contributed by atoms with E-state index in [1.807, 2.05) is 0 Å². The van der Waals surface area contributed by atoms with Crippen LogP contribution in [0.4, 0.5) is 10.5 Å². The SMILES string of the molecule is C=C(C)C(=O)OCCN(C(N)=O)c1ccc2c(c1)C(=O)c1ccccc1C2=O. The molecule has 0 heterocycles. The van der Waals surface area contributed by atoms with Crippen molar-refractivity contribution < 1.29 is 23.9 Å². The van der Waals surface area contributed by atoms with Crippen LogP contribution in [0.2, 0.25) is 0 Å². The second-order valence-electron chi connectivity index (χ2n) is 6.34. The van der Waals surface area contributed by atoms with E-state index in [0.29, 0.717) is 16.8 Å². The zero-order chi connectivity index (χ0) is 20.4. The van der Waals surface area contributed by atoms with Gasteiger partial charge in [-0.15, -0.1) is 0 Å². The topological polar surface area (TPSA) is 107 Å². The van der Waals surface area contributed by atoms with Crippen molar-refractivity contribution in [2.24, 2.45) is 5.73 Å². The second-order valence-corrected chi connectivity index (χ2v) is 6.34. The summed E-state index contributed by atoms with van der Waals surface area (Å²) < 4.78 is 4.99. The van der Waals surface area contributed by atoms with Crippen molar-refractivity contribution in [3.63, 3.8) is 0 Å². The number of primary amides is 1. The van der Waals surface area contributed by atoms with Gasteiger partial charge < -0.3 is 10.5 Å². The van der Waals surface area contributed by atoms with Crippen LogP contribution < -0.4 is 10.6 Å². The molecular weight excluding hydrogens is 360 g/mol. The molecule has 0 saturated heterocycles. The number of hydrogen-bond donors (Lipinski definition) is 1. The fraction of sp³-hybridized carbons (Fsp3) is 0.143. The van der Waals surface area contributed by atoms with Crippen LogP contribution in [0.15, 0.2) is 54.6 Å². The van der Waals surface area contributed by atoms with Crippen LogP contribution in [0.25, 0.3) is 0 Å². The lowest BCUT2D eigenvalue weighted by molar-refractivity contribution is -0.138. The fourth-order valence-corrected chi connectivity index (χ4v) is 2.97. The molecule has 0 spiro atoms. The summed E-state index contributed by atoms with van der Waals surface area (Å²) in [4.78, 5) is 50.0. The number of nitrogens with zero attached hydrogens (tertiary/aromatic N) is 1. The highest BCUT2D eigenvalue weighted by atomic mass is 16.5. The molecule has 0 fully saturated rings. The van der Waals surface area contributed by atoms with Crippen molar-refractivity contribution in [1.82, 2.24) is 0 Å². The Hall–Kier alpha value is -3.74. The number of benzene rings is 2. The summed E-state index contributed by atoms with van der Waals surface area (Å²) in [5, 5.41) is 0. The standard InChI is InChI=1S/C21H18N2O5/c1-12(2)20(26)28-10-9-23(21(22)27)13-7-8-16-17(11-13)19(25)15-6-4-3-5-14(15)18(16)24/h3-8,11H,1,9-10H2,2H3,(H2,22,27). The van der Waals surface area contributed by atoms with Crippen LogP contribution in [0.1, 0.15) is 38.8 Å². The van der Waals surface area contributed by atoms with Gasteiger partial charge in [0.05, 0.1) is 6.54 Å². The highest BCUT2D eigenvalue weighted by molar-refractivity contribution is 6.28. The lowest BCUT2D eigenvalue weighted by Crippen LogP contribution is -2.38. The van der Waals surface area contributed by atoms with Gasteiger partial charge in [-0.3, -0.25) is 14.5 Å². The summed E-state index contributed by atoms with van der Waals surface area (Å²) in [6.07, 6.45) is 0. The second kappa shape index (κ2) is 7.48. The molecule has 28 heavy (non-hydrogen) atoms. The Labute approximate surface area is 161 Å². The number of urea groups is 1. The van der Waals surface area contributed by atoms with E-state index < -0.39 is 12.0 Å². The average Bonchev–Trinajstić information content (AvgIpc) is 2.68. The maximum Gasteiger partial charge on any atom is 0.333 e. The van der Waals surface area contributed by atoms with Crippen LogP contribution in [0.5, 0.6) is 0 Å². The minimum absolute atomic E-state index is 0.00807. The van der Waals surface area contributed by atoms with E-state index in [4.69, 9.17) is 10.5 Å². The molecule has 2 N–H and O–H groups in total. The number of hydrogen-bond acceptors (Lipinski definition) is 5. The van der Waals surface area contributed by atoms with Gasteiger partial charge in [-0.05, 0) is 25.1 Å². The molecule has 1 aliphatic rings. The summed E-state index contributed by atoms with van der Waals surface area (Å²) in [5.74, 6) is -1.13. The Morgan fingerprint density at radius 1 is 1.00 bits per heavy atom. The Morgan fingerprint density at radius 3 is 2.14 bits per heavy atom. The summed E-state index contributed by atoms with van der Waals surface area (Å²) in [7, 11) is 0. The van der Waals surface area contributed by atoms with Gasteiger partial charge in [0, 0.05) is 33.5 Å². The smallest absolute Gasteiger partial charge is 0.333 e.